The molecule has 0 aliphatic heterocycles. The summed E-state index contributed by atoms with van der Waals surface area (Å²) in [4.78, 5) is 12.9. The molecule has 29 heavy (non-hydrogen) atoms. The molecule has 5 nitrogen and oxygen atoms in total. The summed E-state index contributed by atoms with van der Waals surface area (Å²) in [7, 11) is 3.15. The molecule has 150 valence electrons. The summed E-state index contributed by atoms with van der Waals surface area (Å²) in [5.74, 6) is 1.07. The Hall–Kier alpha value is -3.31. The van der Waals surface area contributed by atoms with Gasteiger partial charge in [-0.15, -0.1) is 0 Å². The van der Waals surface area contributed by atoms with Gasteiger partial charge in [-0.1, -0.05) is 60.7 Å². The SMILES string of the molecule is COc1ccc(OC)c(NC(=O)C(C)NC(c2ccccc2)c2ccccc2)c1. The Morgan fingerprint density at radius 1 is 0.828 bits per heavy atom. The third kappa shape index (κ3) is 5.15. The van der Waals surface area contributed by atoms with Gasteiger partial charge in [-0.2, -0.15) is 0 Å². The molecule has 0 aliphatic carbocycles. The van der Waals surface area contributed by atoms with Gasteiger partial charge in [0.05, 0.1) is 32.0 Å². The van der Waals surface area contributed by atoms with Crippen molar-refractivity contribution in [1.82, 2.24) is 5.32 Å². The molecule has 3 aromatic rings. The van der Waals surface area contributed by atoms with Gasteiger partial charge in [0.1, 0.15) is 11.5 Å². The number of rotatable bonds is 8. The van der Waals surface area contributed by atoms with Crippen LogP contribution in [0, 0.1) is 0 Å². The molecule has 1 atom stereocenters. The van der Waals surface area contributed by atoms with Crippen molar-refractivity contribution in [3.63, 3.8) is 0 Å². The van der Waals surface area contributed by atoms with Crippen LogP contribution in [0.3, 0.4) is 0 Å². The summed E-state index contributed by atoms with van der Waals surface area (Å²) in [6.45, 7) is 1.85. The quantitative estimate of drug-likeness (QED) is 0.598. The predicted octanol–water partition coefficient (Wildman–Crippen LogP) is 4.41. The fourth-order valence-electron chi connectivity index (χ4n) is 3.15. The van der Waals surface area contributed by atoms with Crippen molar-refractivity contribution < 1.29 is 14.3 Å². The first-order valence-corrected chi connectivity index (χ1v) is 9.51. The van der Waals surface area contributed by atoms with Crippen molar-refractivity contribution in [3.05, 3.63) is 90.0 Å². The number of ether oxygens (including phenoxy) is 2. The zero-order valence-corrected chi connectivity index (χ0v) is 16.9. The Balaban J connectivity index is 1.79. The molecule has 1 unspecified atom stereocenters. The van der Waals surface area contributed by atoms with Crippen molar-refractivity contribution in [2.45, 2.75) is 19.0 Å². The van der Waals surface area contributed by atoms with E-state index in [1.807, 2.05) is 43.3 Å². The first-order chi connectivity index (χ1) is 14.1. The zero-order chi connectivity index (χ0) is 20.6. The highest BCUT2D eigenvalue weighted by Gasteiger charge is 2.21. The number of hydrogen-bond donors (Lipinski definition) is 2. The minimum Gasteiger partial charge on any atom is -0.497 e. The third-order valence-electron chi connectivity index (χ3n) is 4.74. The highest BCUT2D eigenvalue weighted by molar-refractivity contribution is 5.96. The molecule has 0 saturated heterocycles. The van der Waals surface area contributed by atoms with Crippen molar-refractivity contribution in [2.24, 2.45) is 0 Å². The van der Waals surface area contributed by atoms with Gasteiger partial charge < -0.3 is 14.8 Å². The van der Waals surface area contributed by atoms with Crippen LogP contribution < -0.4 is 20.1 Å². The first-order valence-electron chi connectivity index (χ1n) is 9.51. The monoisotopic (exact) mass is 390 g/mol. The Morgan fingerprint density at radius 2 is 1.41 bits per heavy atom. The Labute approximate surface area is 171 Å². The van der Waals surface area contributed by atoms with Crippen LogP contribution in [0.4, 0.5) is 5.69 Å². The molecular formula is C24H26N2O3. The van der Waals surface area contributed by atoms with Gasteiger partial charge in [0.15, 0.2) is 0 Å². The van der Waals surface area contributed by atoms with E-state index in [2.05, 4.69) is 34.9 Å². The lowest BCUT2D eigenvalue weighted by molar-refractivity contribution is -0.117. The molecule has 3 rings (SSSR count). The molecule has 2 N–H and O–H groups in total. The van der Waals surface area contributed by atoms with Crippen molar-refractivity contribution in [2.75, 3.05) is 19.5 Å². The van der Waals surface area contributed by atoms with E-state index < -0.39 is 6.04 Å². The average Bonchev–Trinajstić information content (AvgIpc) is 2.78. The largest absolute Gasteiger partial charge is 0.497 e. The maximum absolute atomic E-state index is 12.9. The van der Waals surface area contributed by atoms with Gasteiger partial charge in [0.25, 0.3) is 0 Å². The summed E-state index contributed by atoms with van der Waals surface area (Å²) in [6, 6.07) is 24.9. The fourth-order valence-corrected chi connectivity index (χ4v) is 3.15. The fraction of sp³-hybridized carbons (Fsp3) is 0.208. The minimum absolute atomic E-state index is 0.106. The van der Waals surface area contributed by atoms with Gasteiger partial charge in [-0.05, 0) is 30.2 Å². The highest BCUT2D eigenvalue weighted by Crippen LogP contribution is 2.29. The van der Waals surface area contributed by atoms with Crippen LogP contribution in [0.5, 0.6) is 11.5 Å². The summed E-state index contributed by atoms with van der Waals surface area (Å²) in [5.41, 5.74) is 2.76. The average molecular weight is 390 g/mol. The Kier molecular flexibility index (Phi) is 6.87. The lowest BCUT2D eigenvalue weighted by Crippen LogP contribution is -2.40. The van der Waals surface area contributed by atoms with E-state index in [0.29, 0.717) is 17.2 Å². The molecule has 0 saturated carbocycles. The van der Waals surface area contributed by atoms with Crippen LogP contribution in [0.15, 0.2) is 78.9 Å². The normalized spacial score (nSPS) is 11.7. The van der Waals surface area contributed by atoms with Gasteiger partial charge >= 0.3 is 0 Å². The molecule has 0 spiro atoms. The van der Waals surface area contributed by atoms with Gasteiger partial charge in [0, 0.05) is 6.07 Å². The number of benzene rings is 3. The maximum atomic E-state index is 12.9. The molecule has 1 amide bonds. The molecule has 0 heterocycles. The summed E-state index contributed by atoms with van der Waals surface area (Å²) in [6.07, 6.45) is 0. The Morgan fingerprint density at radius 3 is 1.93 bits per heavy atom. The number of methoxy groups -OCH3 is 2. The molecule has 0 aliphatic rings. The summed E-state index contributed by atoms with van der Waals surface area (Å²) < 4.78 is 10.6. The summed E-state index contributed by atoms with van der Waals surface area (Å²) >= 11 is 0. The standard InChI is InChI=1S/C24H26N2O3/c1-17(24(27)26-21-16-20(28-2)14-15-22(21)29-3)25-23(18-10-6-4-7-11-18)19-12-8-5-9-13-19/h4-17,23,25H,1-3H3,(H,26,27). The van der Waals surface area contributed by atoms with E-state index in [1.54, 1.807) is 32.4 Å². The number of carbonyl (C=O) groups is 1. The first kappa shape index (κ1) is 20.4. The topological polar surface area (TPSA) is 59.6 Å². The van der Waals surface area contributed by atoms with Crippen LogP contribution in [0.2, 0.25) is 0 Å². The molecular weight excluding hydrogens is 364 g/mol. The predicted molar refractivity (Wildman–Crippen MR) is 116 cm³/mol. The highest BCUT2D eigenvalue weighted by atomic mass is 16.5. The molecule has 0 bridgehead atoms. The van der Waals surface area contributed by atoms with Crippen LogP contribution in [0.25, 0.3) is 0 Å². The number of anilines is 1. The van der Waals surface area contributed by atoms with Gasteiger partial charge in [0.2, 0.25) is 5.91 Å². The lowest BCUT2D eigenvalue weighted by atomic mass is 9.98. The smallest absolute Gasteiger partial charge is 0.241 e. The third-order valence-corrected chi connectivity index (χ3v) is 4.74. The van der Waals surface area contributed by atoms with Gasteiger partial charge in [-0.25, -0.2) is 0 Å². The van der Waals surface area contributed by atoms with Crippen molar-refractivity contribution in [3.8, 4) is 11.5 Å². The number of nitrogens with one attached hydrogen (secondary N) is 2. The van der Waals surface area contributed by atoms with E-state index in [9.17, 15) is 4.79 Å². The number of amides is 1. The number of hydrogen-bond acceptors (Lipinski definition) is 4. The van der Waals surface area contributed by atoms with Gasteiger partial charge in [-0.3, -0.25) is 10.1 Å². The minimum atomic E-state index is -0.448. The van der Waals surface area contributed by atoms with Crippen LogP contribution in [-0.4, -0.2) is 26.2 Å². The second kappa shape index (κ2) is 9.75. The molecule has 0 aromatic heterocycles. The molecule has 0 radical (unpaired) electrons. The second-order valence-corrected chi connectivity index (χ2v) is 6.70. The number of carbonyl (C=O) groups excluding carboxylic acids is 1. The summed E-state index contributed by atoms with van der Waals surface area (Å²) in [5, 5.41) is 6.39. The van der Waals surface area contributed by atoms with E-state index in [-0.39, 0.29) is 11.9 Å². The lowest BCUT2D eigenvalue weighted by Gasteiger charge is -2.24. The van der Waals surface area contributed by atoms with Crippen molar-refractivity contribution >= 4 is 11.6 Å². The van der Waals surface area contributed by atoms with Crippen LogP contribution in [-0.2, 0) is 4.79 Å². The molecule has 5 heteroatoms. The maximum Gasteiger partial charge on any atom is 0.241 e. The molecule has 0 fully saturated rings. The van der Waals surface area contributed by atoms with E-state index in [4.69, 9.17) is 9.47 Å². The van der Waals surface area contributed by atoms with Crippen LogP contribution in [0.1, 0.15) is 24.1 Å². The molecule has 3 aromatic carbocycles. The Bertz CT molecular complexity index is 890. The second-order valence-electron chi connectivity index (χ2n) is 6.70. The van der Waals surface area contributed by atoms with Crippen molar-refractivity contribution in [1.29, 1.82) is 0 Å². The zero-order valence-electron chi connectivity index (χ0n) is 16.9. The van der Waals surface area contributed by atoms with E-state index in [0.717, 1.165) is 11.1 Å². The van der Waals surface area contributed by atoms with E-state index >= 15 is 0 Å². The van der Waals surface area contributed by atoms with E-state index in [1.165, 1.54) is 0 Å². The van der Waals surface area contributed by atoms with Crippen LogP contribution >= 0.6 is 0 Å².